The molecule has 0 spiro atoms. The third-order valence-corrected chi connectivity index (χ3v) is 4.21. The van der Waals surface area contributed by atoms with Crippen LogP contribution in [0.1, 0.15) is 23.6 Å². The maximum absolute atomic E-state index is 5.41. The Labute approximate surface area is 165 Å². The van der Waals surface area contributed by atoms with Gasteiger partial charge in [0.05, 0.1) is 20.2 Å². The standard InChI is InChI=1S/C21H26N6O/c1-3-23-21(25-13-19-9-4-5-10-20(19)28-2)24-12-17-7-6-8-18(11-17)14-27-16-22-15-26-27/h4-11,15-16H,3,12-14H2,1-2H3,(H2,23,24,25). The van der Waals surface area contributed by atoms with Crippen LogP contribution in [0.5, 0.6) is 5.75 Å². The second-order valence-corrected chi connectivity index (χ2v) is 6.27. The lowest BCUT2D eigenvalue weighted by atomic mass is 10.1. The summed E-state index contributed by atoms with van der Waals surface area (Å²) < 4.78 is 7.22. The molecule has 146 valence electrons. The predicted octanol–water partition coefficient (Wildman–Crippen LogP) is 2.59. The lowest BCUT2D eigenvalue weighted by Gasteiger charge is -2.13. The number of nitrogens with zero attached hydrogens (tertiary/aromatic N) is 4. The molecule has 0 amide bonds. The first kappa shape index (κ1) is 19.4. The normalized spacial score (nSPS) is 11.3. The van der Waals surface area contributed by atoms with E-state index in [1.165, 1.54) is 5.56 Å². The van der Waals surface area contributed by atoms with E-state index in [0.717, 1.165) is 29.4 Å². The minimum Gasteiger partial charge on any atom is -0.496 e. The molecule has 0 fully saturated rings. The minimum atomic E-state index is 0.590. The summed E-state index contributed by atoms with van der Waals surface area (Å²) in [6, 6.07) is 16.3. The van der Waals surface area contributed by atoms with Gasteiger partial charge in [-0.15, -0.1) is 0 Å². The highest BCUT2D eigenvalue weighted by molar-refractivity contribution is 5.79. The Morgan fingerprint density at radius 2 is 1.96 bits per heavy atom. The van der Waals surface area contributed by atoms with E-state index in [0.29, 0.717) is 19.6 Å². The number of para-hydroxylation sites is 1. The van der Waals surface area contributed by atoms with E-state index < -0.39 is 0 Å². The van der Waals surface area contributed by atoms with Crippen LogP contribution in [0.4, 0.5) is 0 Å². The number of aliphatic imine (C=N–C) groups is 1. The molecule has 0 aliphatic heterocycles. The first-order chi connectivity index (χ1) is 13.8. The quantitative estimate of drug-likeness (QED) is 0.465. The molecule has 0 unspecified atom stereocenters. The van der Waals surface area contributed by atoms with Crippen molar-refractivity contribution in [2.24, 2.45) is 4.99 Å². The Bertz CT molecular complexity index is 891. The molecule has 7 nitrogen and oxygen atoms in total. The third-order valence-electron chi connectivity index (χ3n) is 4.21. The van der Waals surface area contributed by atoms with E-state index >= 15 is 0 Å². The van der Waals surface area contributed by atoms with Crippen LogP contribution in [0.25, 0.3) is 0 Å². The molecule has 0 saturated heterocycles. The van der Waals surface area contributed by atoms with Crippen LogP contribution >= 0.6 is 0 Å². The number of hydrogen-bond acceptors (Lipinski definition) is 4. The molecule has 2 aromatic carbocycles. The molecule has 7 heteroatoms. The highest BCUT2D eigenvalue weighted by Crippen LogP contribution is 2.16. The Morgan fingerprint density at radius 1 is 1.11 bits per heavy atom. The van der Waals surface area contributed by atoms with Crippen molar-refractivity contribution in [3.05, 3.63) is 77.9 Å². The van der Waals surface area contributed by atoms with Crippen molar-refractivity contribution in [1.29, 1.82) is 0 Å². The van der Waals surface area contributed by atoms with Crippen molar-refractivity contribution in [2.45, 2.75) is 26.6 Å². The summed E-state index contributed by atoms with van der Waals surface area (Å²) >= 11 is 0. The van der Waals surface area contributed by atoms with Crippen LogP contribution in [-0.4, -0.2) is 34.4 Å². The molecule has 3 rings (SSSR count). The van der Waals surface area contributed by atoms with E-state index in [4.69, 9.17) is 9.73 Å². The molecule has 0 aliphatic rings. The first-order valence-corrected chi connectivity index (χ1v) is 9.32. The molecule has 0 bridgehead atoms. The highest BCUT2D eigenvalue weighted by Gasteiger charge is 2.04. The van der Waals surface area contributed by atoms with E-state index in [1.807, 2.05) is 30.3 Å². The number of benzene rings is 2. The van der Waals surface area contributed by atoms with Crippen molar-refractivity contribution in [1.82, 2.24) is 25.4 Å². The summed E-state index contributed by atoms with van der Waals surface area (Å²) in [5.41, 5.74) is 3.41. The van der Waals surface area contributed by atoms with Crippen LogP contribution < -0.4 is 15.4 Å². The summed E-state index contributed by atoms with van der Waals surface area (Å²) in [5, 5.41) is 10.8. The van der Waals surface area contributed by atoms with Crippen molar-refractivity contribution < 1.29 is 4.74 Å². The predicted molar refractivity (Wildman–Crippen MR) is 110 cm³/mol. The van der Waals surface area contributed by atoms with Crippen molar-refractivity contribution in [3.63, 3.8) is 0 Å². The Morgan fingerprint density at radius 3 is 2.75 bits per heavy atom. The van der Waals surface area contributed by atoms with Crippen LogP contribution in [0.3, 0.4) is 0 Å². The molecule has 1 aromatic heterocycles. The van der Waals surface area contributed by atoms with Crippen LogP contribution in [-0.2, 0) is 19.6 Å². The van der Waals surface area contributed by atoms with Gasteiger partial charge in [0.1, 0.15) is 18.4 Å². The minimum absolute atomic E-state index is 0.590. The van der Waals surface area contributed by atoms with Gasteiger partial charge in [-0.2, -0.15) is 5.10 Å². The number of rotatable bonds is 8. The van der Waals surface area contributed by atoms with E-state index in [2.05, 4.69) is 45.8 Å². The van der Waals surface area contributed by atoms with Crippen molar-refractivity contribution >= 4 is 5.96 Å². The van der Waals surface area contributed by atoms with E-state index in [1.54, 1.807) is 24.4 Å². The molecule has 2 N–H and O–H groups in total. The topological polar surface area (TPSA) is 76.4 Å². The fourth-order valence-electron chi connectivity index (χ4n) is 2.87. The van der Waals surface area contributed by atoms with E-state index in [-0.39, 0.29) is 0 Å². The number of aromatic nitrogens is 3. The molecule has 0 radical (unpaired) electrons. The number of nitrogens with one attached hydrogen (secondary N) is 2. The van der Waals surface area contributed by atoms with Gasteiger partial charge in [0, 0.05) is 18.7 Å². The zero-order chi connectivity index (χ0) is 19.6. The van der Waals surface area contributed by atoms with Gasteiger partial charge in [-0.1, -0.05) is 42.5 Å². The maximum Gasteiger partial charge on any atom is 0.191 e. The van der Waals surface area contributed by atoms with Crippen molar-refractivity contribution in [2.75, 3.05) is 13.7 Å². The summed E-state index contributed by atoms with van der Waals surface area (Å²) in [6.45, 7) is 4.78. The van der Waals surface area contributed by atoms with Gasteiger partial charge in [-0.25, -0.2) is 14.7 Å². The molecule has 0 saturated carbocycles. The number of methoxy groups -OCH3 is 1. The Balaban J connectivity index is 1.64. The van der Waals surface area contributed by atoms with Gasteiger partial charge < -0.3 is 15.4 Å². The average molecular weight is 378 g/mol. The van der Waals surface area contributed by atoms with Gasteiger partial charge in [0.25, 0.3) is 0 Å². The summed E-state index contributed by atoms with van der Waals surface area (Å²) in [5.74, 6) is 1.64. The van der Waals surface area contributed by atoms with Gasteiger partial charge >= 0.3 is 0 Å². The molecule has 28 heavy (non-hydrogen) atoms. The number of hydrogen-bond donors (Lipinski definition) is 2. The summed E-state index contributed by atoms with van der Waals surface area (Å²) in [4.78, 5) is 8.69. The average Bonchev–Trinajstić information content (AvgIpc) is 3.23. The van der Waals surface area contributed by atoms with Gasteiger partial charge in [0.15, 0.2) is 5.96 Å². The van der Waals surface area contributed by atoms with E-state index in [9.17, 15) is 0 Å². The second kappa shape index (κ2) is 10.1. The first-order valence-electron chi connectivity index (χ1n) is 9.32. The fraction of sp³-hybridized carbons (Fsp3) is 0.286. The zero-order valence-electron chi connectivity index (χ0n) is 16.3. The molecule has 0 aliphatic carbocycles. The highest BCUT2D eigenvalue weighted by atomic mass is 16.5. The largest absolute Gasteiger partial charge is 0.496 e. The smallest absolute Gasteiger partial charge is 0.191 e. The molecule has 0 atom stereocenters. The van der Waals surface area contributed by atoms with Crippen LogP contribution in [0.2, 0.25) is 0 Å². The molecular formula is C21H26N6O. The molecular weight excluding hydrogens is 352 g/mol. The second-order valence-electron chi connectivity index (χ2n) is 6.27. The number of ether oxygens (including phenoxy) is 1. The Kier molecular flexibility index (Phi) is 7.01. The third kappa shape index (κ3) is 5.57. The zero-order valence-corrected chi connectivity index (χ0v) is 16.3. The monoisotopic (exact) mass is 378 g/mol. The van der Waals surface area contributed by atoms with Gasteiger partial charge in [-0.05, 0) is 24.1 Å². The van der Waals surface area contributed by atoms with Gasteiger partial charge in [0.2, 0.25) is 0 Å². The fourth-order valence-corrected chi connectivity index (χ4v) is 2.87. The lowest BCUT2D eigenvalue weighted by molar-refractivity contribution is 0.409. The summed E-state index contributed by atoms with van der Waals surface area (Å²) in [7, 11) is 1.68. The molecule has 1 heterocycles. The maximum atomic E-state index is 5.41. The van der Waals surface area contributed by atoms with Gasteiger partial charge in [-0.3, -0.25) is 0 Å². The lowest BCUT2D eigenvalue weighted by Crippen LogP contribution is -2.36. The SMILES string of the molecule is CCNC(=NCc1cccc(Cn2cncn2)c1)NCc1ccccc1OC. The van der Waals surface area contributed by atoms with Crippen LogP contribution in [0.15, 0.2) is 66.2 Å². The van der Waals surface area contributed by atoms with Crippen LogP contribution in [0, 0.1) is 0 Å². The Hall–Kier alpha value is -3.35. The van der Waals surface area contributed by atoms with Crippen molar-refractivity contribution in [3.8, 4) is 5.75 Å². The summed E-state index contributed by atoms with van der Waals surface area (Å²) in [6.07, 6.45) is 3.26. The molecule has 3 aromatic rings. The number of guanidine groups is 1.